The van der Waals surface area contributed by atoms with Crippen molar-refractivity contribution >= 4 is 52.8 Å². The number of benzene rings is 2. The van der Waals surface area contributed by atoms with Crippen LogP contribution in [0.4, 0.5) is 16.2 Å². The number of urea groups is 1. The summed E-state index contributed by atoms with van der Waals surface area (Å²) in [5, 5.41) is 20.1. The number of amides is 6. The van der Waals surface area contributed by atoms with Crippen LogP contribution in [0.5, 0.6) is 0 Å². The van der Waals surface area contributed by atoms with Gasteiger partial charge in [0.1, 0.15) is 12.1 Å². The number of aliphatic carboxylic acids is 1. The van der Waals surface area contributed by atoms with E-state index in [2.05, 4.69) is 21.3 Å². The van der Waals surface area contributed by atoms with E-state index in [1.54, 1.807) is 30.3 Å². The van der Waals surface area contributed by atoms with Gasteiger partial charge in [0.2, 0.25) is 23.6 Å². The average Bonchev–Trinajstić information content (AvgIpc) is 3.51. The lowest BCUT2D eigenvalue weighted by atomic mass is 10.00. The van der Waals surface area contributed by atoms with Crippen LogP contribution in [0.25, 0.3) is 0 Å². The third-order valence-electron chi connectivity index (χ3n) is 7.90. The fraction of sp³-hybridized carbons (Fsp3) is 0.441. The van der Waals surface area contributed by atoms with E-state index in [4.69, 9.17) is 5.73 Å². The predicted octanol–water partition coefficient (Wildman–Crippen LogP) is 2.50. The standard InChI is InChI=1S/C34H44N6O8/c1-20(2)17-26(33(47)38-25(19-31(44)45)28(41)14-15-30(43)40-16-6-9-27(40)32(35)46)37-29(42)18-22-10-12-23(13-11-22)36-34(48)39-24-8-5-4-7-21(24)3/h4-5,7-8,10-13,20,25-27H,6,9,14-19H2,1-3H3,(H2,35,46)(H,37,42)(H,38,47)(H,44,45)(H2,36,39,48)/t25-,26-,27+/m0/s1. The highest BCUT2D eigenvalue weighted by Gasteiger charge is 2.34. The van der Waals surface area contributed by atoms with Crippen LogP contribution in [0.3, 0.4) is 0 Å². The minimum Gasteiger partial charge on any atom is -0.481 e. The zero-order valence-electron chi connectivity index (χ0n) is 27.4. The molecule has 258 valence electrons. The first-order chi connectivity index (χ1) is 22.7. The normalized spacial score (nSPS) is 15.2. The number of anilines is 2. The largest absolute Gasteiger partial charge is 0.481 e. The highest BCUT2D eigenvalue weighted by molar-refractivity contribution is 6.00. The molecule has 1 fully saturated rings. The Morgan fingerprint density at radius 3 is 2.23 bits per heavy atom. The molecule has 14 heteroatoms. The van der Waals surface area contributed by atoms with Crippen LogP contribution in [-0.4, -0.2) is 76.1 Å². The number of carbonyl (C=O) groups excluding carboxylic acids is 6. The van der Waals surface area contributed by atoms with Crippen molar-refractivity contribution in [1.29, 1.82) is 0 Å². The molecule has 0 aliphatic carbocycles. The van der Waals surface area contributed by atoms with Crippen LogP contribution in [-0.2, 0) is 35.2 Å². The number of Topliss-reactive ketones (excluding diaryl/α,β-unsaturated/α-hetero) is 1. The lowest BCUT2D eigenvalue weighted by Gasteiger charge is -2.24. The first kappa shape index (κ1) is 37.2. The van der Waals surface area contributed by atoms with Crippen LogP contribution in [0, 0.1) is 12.8 Å². The summed E-state index contributed by atoms with van der Waals surface area (Å²) < 4.78 is 0. The molecule has 1 heterocycles. The van der Waals surface area contributed by atoms with Gasteiger partial charge in [0.15, 0.2) is 5.78 Å². The van der Waals surface area contributed by atoms with E-state index in [1.807, 2.05) is 39.0 Å². The number of rotatable bonds is 16. The van der Waals surface area contributed by atoms with Gasteiger partial charge in [0.25, 0.3) is 0 Å². The van der Waals surface area contributed by atoms with E-state index in [0.29, 0.717) is 36.3 Å². The number of ketones is 1. The zero-order valence-corrected chi connectivity index (χ0v) is 27.4. The van der Waals surface area contributed by atoms with Crippen LogP contribution in [0.2, 0.25) is 0 Å². The quantitative estimate of drug-likeness (QED) is 0.156. The number of para-hydroxylation sites is 1. The second-order valence-corrected chi connectivity index (χ2v) is 12.3. The molecule has 1 saturated heterocycles. The Bertz CT molecular complexity index is 1510. The first-order valence-corrected chi connectivity index (χ1v) is 15.9. The minimum absolute atomic E-state index is 0.0397. The number of carboxylic acids is 1. The van der Waals surface area contributed by atoms with Gasteiger partial charge in [-0.2, -0.15) is 0 Å². The van der Waals surface area contributed by atoms with Crippen LogP contribution < -0.4 is 27.0 Å². The number of aryl methyl sites for hydroxylation is 1. The number of hydrogen-bond acceptors (Lipinski definition) is 7. The van der Waals surface area contributed by atoms with Gasteiger partial charge in [-0.05, 0) is 61.4 Å². The smallest absolute Gasteiger partial charge is 0.323 e. The Balaban J connectivity index is 1.57. The number of nitrogens with zero attached hydrogens (tertiary/aromatic N) is 1. The van der Waals surface area contributed by atoms with Gasteiger partial charge in [-0.3, -0.25) is 28.8 Å². The van der Waals surface area contributed by atoms with E-state index in [0.717, 1.165) is 5.56 Å². The van der Waals surface area contributed by atoms with Gasteiger partial charge >= 0.3 is 12.0 Å². The lowest BCUT2D eigenvalue weighted by Crippen LogP contribution is -2.53. The highest BCUT2D eigenvalue weighted by atomic mass is 16.4. The van der Waals surface area contributed by atoms with Crippen molar-refractivity contribution in [2.45, 2.75) is 83.8 Å². The van der Waals surface area contributed by atoms with E-state index in [1.165, 1.54) is 4.90 Å². The summed E-state index contributed by atoms with van der Waals surface area (Å²) in [6, 6.07) is 10.3. The Morgan fingerprint density at radius 2 is 1.60 bits per heavy atom. The molecule has 3 rings (SSSR count). The van der Waals surface area contributed by atoms with E-state index in [9.17, 15) is 38.7 Å². The Hall–Kier alpha value is -5.27. The maximum atomic E-state index is 13.3. The molecule has 7 N–H and O–H groups in total. The second-order valence-electron chi connectivity index (χ2n) is 12.3. The number of carbonyl (C=O) groups is 7. The van der Waals surface area contributed by atoms with Crippen molar-refractivity contribution in [2.75, 3.05) is 17.2 Å². The summed E-state index contributed by atoms with van der Waals surface area (Å²) in [5.41, 5.74) is 8.07. The highest BCUT2D eigenvalue weighted by Crippen LogP contribution is 2.19. The van der Waals surface area contributed by atoms with Gasteiger partial charge in [-0.15, -0.1) is 0 Å². The molecule has 2 aromatic rings. The van der Waals surface area contributed by atoms with Crippen molar-refractivity contribution in [3.63, 3.8) is 0 Å². The SMILES string of the molecule is Cc1ccccc1NC(=O)Nc1ccc(CC(=O)N[C@@H](CC(C)C)C(=O)N[C@@H](CC(=O)O)C(=O)CCC(=O)N2CCC[C@@H]2C(N)=O)cc1. The van der Waals surface area contributed by atoms with Crippen molar-refractivity contribution in [3.8, 4) is 0 Å². The van der Waals surface area contributed by atoms with Crippen LogP contribution in [0.15, 0.2) is 48.5 Å². The fourth-order valence-electron chi connectivity index (χ4n) is 5.44. The Morgan fingerprint density at radius 1 is 0.917 bits per heavy atom. The summed E-state index contributed by atoms with van der Waals surface area (Å²) in [6.45, 7) is 5.90. The van der Waals surface area contributed by atoms with Crippen molar-refractivity contribution < 1.29 is 38.7 Å². The molecule has 0 bridgehead atoms. The molecular weight excluding hydrogens is 620 g/mol. The molecule has 3 atom stereocenters. The molecule has 0 unspecified atom stereocenters. The maximum absolute atomic E-state index is 13.3. The second kappa shape index (κ2) is 17.6. The topological polar surface area (TPSA) is 217 Å². The Labute approximate surface area is 279 Å². The summed E-state index contributed by atoms with van der Waals surface area (Å²) in [4.78, 5) is 88.8. The van der Waals surface area contributed by atoms with Crippen molar-refractivity contribution in [1.82, 2.24) is 15.5 Å². The molecule has 48 heavy (non-hydrogen) atoms. The van der Waals surface area contributed by atoms with Gasteiger partial charge in [-0.25, -0.2) is 4.79 Å². The number of hydrogen-bond donors (Lipinski definition) is 6. The number of likely N-dealkylation sites (tertiary alicyclic amines) is 1. The monoisotopic (exact) mass is 664 g/mol. The molecule has 0 radical (unpaired) electrons. The van der Waals surface area contributed by atoms with Crippen LogP contribution in [0.1, 0.15) is 63.5 Å². The molecule has 14 nitrogen and oxygen atoms in total. The van der Waals surface area contributed by atoms with Crippen LogP contribution >= 0.6 is 0 Å². The molecule has 0 spiro atoms. The summed E-state index contributed by atoms with van der Waals surface area (Å²) in [7, 11) is 0. The maximum Gasteiger partial charge on any atom is 0.323 e. The summed E-state index contributed by atoms with van der Waals surface area (Å²) >= 11 is 0. The summed E-state index contributed by atoms with van der Waals surface area (Å²) in [5.74, 6) is -4.32. The minimum atomic E-state index is -1.43. The van der Waals surface area contributed by atoms with Gasteiger partial charge in [-0.1, -0.05) is 44.2 Å². The zero-order chi connectivity index (χ0) is 35.4. The molecule has 0 aromatic heterocycles. The third kappa shape index (κ3) is 11.5. The number of carboxylic acid groups (broad SMARTS) is 1. The lowest BCUT2D eigenvalue weighted by molar-refractivity contribution is -0.141. The van der Waals surface area contributed by atoms with Gasteiger partial charge in [0, 0.05) is 30.8 Å². The molecule has 1 aliphatic heterocycles. The molecule has 6 amide bonds. The molecular formula is C34H44N6O8. The molecule has 2 aromatic carbocycles. The molecule has 1 aliphatic rings. The van der Waals surface area contributed by atoms with Gasteiger partial charge < -0.3 is 37.0 Å². The Kier molecular flexibility index (Phi) is 13.6. The first-order valence-electron chi connectivity index (χ1n) is 15.9. The van der Waals surface area contributed by atoms with E-state index >= 15 is 0 Å². The fourth-order valence-corrected chi connectivity index (χ4v) is 5.44. The predicted molar refractivity (Wildman–Crippen MR) is 178 cm³/mol. The summed E-state index contributed by atoms with van der Waals surface area (Å²) in [6.07, 6.45) is -0.161. The molecule has 0 saturated carbocycles. The number of primary amides is 1. The third-order valence-corrected chi connectivity index (χ3v) is 7.90. The van der Waals surface area contributed by atoms with E-state index < -0.39 is 66.0 Å². The van der Waals surface area contributed by atoms with Crippen molar-refractivity contribution in [3.05, 3.63) is 59.7 Å². The number of nitrogens with two attached hydrogens (primary N) is 1. The average molecular weight is 665 g/mol. The van der Waals surface area contributed by atoms with Crippen molar-refractivity contribution in [2.24, 2.45) is 11.7 Å². The number of nitrogens with one attached hydrogen (secondary N) is 4. The van der Waals surface area contributed by atoms with Gasteiger partial charge in [0.05, 0.1) is 18.9 Å². The van der Waals surface area contributed by atoms with E-state index in [-0.39, 0.29) is 31.6 Å².